The fourth-order valence-corrected chi connectivity index (χ4v) is 5.72. The summed E-state index contributed by atoms with van der Waals surface area (Å²) >= 11 is 7.57. The van der Waals surface area contributed by atoms with Gasteiger partial charge in [-0.3, -0.25) is 10.1 Å². The molecule has 3 aliphatic rings. The molecule has 0 unspecified atom stereocenters. The number of nitrogens with zero attached hydrogens (tertiary/aromatic N) is 1. The maximum atomic E-state index is 12.7. The first kappa shape index (κ1) is 21.3. The van der Waals surface area contributed by atoms with E-state index in [0.717, 1.165) is 54.9 Å². The third-order valence-corrected chi connectivity index (χ3v) is 7.66. The van der Waals surface area contributed by atoms with Crippen LogP contribution in [0.5, 0.6) is 0 Å². The van der Waals surface area contributed by atoms with Crippen LogP contribution in [0.15, 0.2) is 0 Å². The molecule has 2 saturated heterocycles. The predicted molar refractivity (Wildman–Crippen MR) is 118 cm³/mol. The van der Waals surface area contributed by atoms with Gasteiger partial charge in [-0.05, 0) is 51.7 Å². The van der Waals surface area contributed by atoms with E-state index in [-0.39, 0.29) is 18.0 Å². The summed E-state index contributed by atoms with van der Waals surface area (Å²) in [5.41, 5.74) is 0. The molecule has 0 aromatic heterocycles. The van der Waals surface area contributed by atoms with Crippen LogP contribution in [0.25, 0.3) is 0 Å². The van der Waals surface area contributed by atoms with Crippen molar-refractivity contribution in [3.8, 4) is 0 Å². The molecule has 3 N–H and O–H groups in total. The van der Waals surface area contributed by atoms with Crippen LogP contribution in [0.1, 0.15) is 57.8 Å². The maximum absolute atomic E-state index is 12.7. The van der Waals surface area contributed by atoms with Crippen LogP contribution in [0.4, 0.5) is 0 Å². The molecule has 2 atom stereocenters. The van der Waals surface area contributed by atoms with Gasteiger partial charge in [-0.2, -0.15) is 0 Å². The molecule has 0 aromatic carbocycles. The van der Waals surface area contributed by atoms with E-state index >= 15 is 0 Å². The number of likely N-dealkylation sites (tertiary alicyclic amines) is 1. The molecule has 2 aliphatic heterocycles. The molecule has 27 heavy (non-hydrogen) atoms. The summed E-state index contributed by atoms with van der Waals surface area (Å²) in [6.45, 7) is 2.23. The van der Waals surface area contributed by atoms with Gasteiger partial charge in [0, 0.05) is 17.7 Å². The highest BCUT2D eigenvalue weighted by Crippen LogP contribution is 2.28. The lowest BCUT2D eigenvalue weighted by atomic mass is 9.85. The van der Waals surface area contributed by atoms with E-state index in [1.807, 2.05) is 0 Å². The molecular formula is C20H36N4OS2. The zero-order valence-corrected chi connectivity index (χ0v) is 18.3. The van der Waals surface area contributed by atoms with Gasteiger partial charge in [-0.25, -0.2) is 0 Å². The van der Waals surface area contributed by atoms with Crippen molar-refractivity contribution in [3.05, 3.63) is 0 Å². The Kier molecular flexibility index (Phi) is 8.68. The number of amides is 1. The largest absolute Gasteiger partial charge is 0.375 e. The zero-order valence-electron chi connectivity index (χ0n) is 16.7. The van der Waals surface area contributed by atoms with E-state index in [2.05, 4.69) is 27.9 Å². The number of hydrogen-bond acceptors (Lipinski definition) is 5. The maximum Gasteiger partial charge on any atom is 0.238 e. The second-order valence-corrected chi connectivity index (χ2v) is 9.97. The SMILES string of the molecule is CN1CCC(NC(=S)[C@@H](CCC2CCCCC2)NC(=O)[C@@H]2CSCN2)CC1. The van der Waals surface area contributed by atoms with Crippen LogP contribution in [-0.2, 0) is 4.79 Å². The van der Waals surface area contributed by atoms with E-state index in [9.17, 15) is 4.79 Å². The Morgan fingerprint density at radius 3 is 2.63 bits per heavy atom. The predicted octanol–water partition coefficient (Wildman–Crippen LogP) is 2.51. The Bertz CT molecular complexity index is 484. The zero-order chi connectivity index (χ0) is 19.1. The van der Waals surface area contributed by atoms with Crippen LogP contribution in [0.3, 0.4) is 0 Å². The minimum atomic E-state index is -0.0710. The summed E-state index contributed by atoms with van der Waals surface area (Å²) in [7, 11) is 2.17. The number of hydrogen-bond donors (Lipinski definition) is 3. The summed E-state index contributed by atoms with van der Waals surface area (Å²) in [4.78, 5) is 15.9. The minimum Gasteiger partial charge on any atom is -0.375 e. The first-order valence-electron chi connectivity index (χ1n) is 10.7. The quantitative estimate of drug-likeness (QED) is 0.559. The van der Waals surface area contributed by atoms with Crippen molar-refractivity contribution in [1.82, 2.24) is 20.9 Å². The average molecular weight is 413 g/mol. The van der Waals surface area contributed by atoms with Crippen molar-refractivity contribution < 1.29 is 4.79 Å². The molecular weight excluding hydrogens is 376 g/mol. The van der Waals surface area contributed by atoms with Crippen molar-refractivity contribution in [2.45, 2.75) is 75.9 Å². The number of piperidine rings is 1. The highest BCUT2D eigenvalue weighted by Gasteiger charge is 2.28. The number of thioether (sulfide) groups is 1. The summed E-state index contributed by atoms with van der Waals surface area (Å²) in [5.74, 6) is 2.64. The van der Waals surface area contributed by atoms with E-state index in [4.69, 9.17) is 12.2 Å². The van der Waals surface area contributed by atoms with Crippen molar-refractivity contribution in [1.29, 1.82) is 0 Å². The molecule has 0 aromatic rings. The molecule has 0 bridgehead atoms. The lowest BCUT2D eigenvalue weighted by Crippen LogP contribution is -2.54. The standard InChI is InChI=1S/C20H36N4OS2/c1-24-11-9-16(10-12-24)22-20(26)17(8-7-15-5-3-2-4-6-15)23-19(25)18-13-27-14-21-18/h15-18,21H,2-14H2,1H3,(H,22,26)(H,23,25)/t17-,18+/m1/s1. The van der Waals surface area contributed by atoms with Crippen LogP contribution < -0.4 is 16.0 Å². The van der Waals surface area contributed by atoms with Gasteiger partial charge >= 0.3 is 0 Å². The third-order valence-electron chi connectivity index (χ3n) is 6.32. The van der Waals surface area contributed by atoms with Gasteiger partial charge in [0.05, 0.1) is 17.1 Å². The van der Waals surface area contributed by atoms with E-state index in [1.165, 1.54) is 38.5 Å². The molecule has 1 amide bonds. The Labute approximate surface area is 174 Å². The molecule has 3 fully saturated rings. The van der Waals surface area contributed by atoms with Crippen molar-refractivity contribution >= 4 is 34.9 Å². The third kappa shape index (κ3) is 6.87. The van der Waals surface area contributed by atoms with Gasteiger partial charge in [0.1, 0.15) is 0 Å². The monoisotopic (exact) mass is 412 g/mol. The Morgan fingerprint density at radius 2 is 1.96 bits per heavy atom. The van der Waals surface area contributed by atoms with E-state index in [0.29, 0.717) is 6.04 Å². The Morgan fingerprint density at radius 1 is 1.22 bits per heavy atom. The van der Waals surface area contributed by atoms with Crippen molar-refractivity contribution in [3.63, 3.8) is 0 Å². The summed E-state index contributed by atoms with van der Waals surface area (Å²) in [5, 5.41) is 10.1. The number of carbonyl (C=O) groups is 1. The second-order valence-electron chi connectivity index (χ2n) is 8.50. The highest BCUT2D eigenvalue weighted by molar-refractivity contribution is 7.99. The number of nitrogens with one attached hydrogen (secondary N) is 3. The molecule has 1 saturated carbocycles. The Balaban J connectivity index is 1.53. The minimum absolute atomic E-state index is 0.0264. The normalized spacial score (nSPS) is 26.6. The number of rotatable bonds is 7. The van der Waals surface area contributed by atoms with Crippen LogP contribution >= 0.6 is 24.0 Å². The van der Waals surface area contributed by atoms with E-state index < -0.39 is 0 Å². The van der Waals surface area contributed by atoms with E-state index in [1.54, 1.807) is 11.8 Å². The average Bonchev–Trinajstić information content (AvgIpc) is 3.22. The summed E-state index contributed by atoms with van der Waals surface area (Å²) < 4.78 is 0. The van der Waals surface area contributed by atoms with Crippen molar-refractivity contribution in [2.24, 2.45) is 5.92 Å². The Hall–Kier alpha value is -0.370. The molecule has 0 radical (unpaired) electrons. The van der Waals surface area contributed by atoms with Gasteiger partial charge in [-0.15, -0.1) is 11.8 Å². The summed E-state index contributed by atoms with van der Waals surface area (Å²) in [6, 6.07) is 0.350. The van der Waals surface area contributed by atoms with Gasteiger partial charge in [0.15, 0.2) is 0 Å². The van der Waals surface area contributed by atoms with Crippen LogP contribution in [0.2, 0.25) is 0 Å². The van der Waals surface area contributed by atoms with Crippen LogP contribution in [-0.4, -0.2) is 65.7 Å². The molecule has 1 aliphatic carbocycles. The second kappa shape index (κ2) is 11.0. The summed E-state index contributed by atoms with van der Waals surface area (Å²) in [6.07, 6.45) is 11.2. The topological polar surface area (TPSA) is 56.4 Å². The molecule has 3 rings (SSSR count). The lowest BCUT2D eigenvalue weighted by Gasteiger charge is -2.32. The van der Waals surface area contributed by atoms with Gasteiger partial charge in [0.2, 0.25) is 5.91 Å². The fourth-order valence-electron chi connectivity index (χ4n) is 4.44. The molecule has 7 heteroatoms. The van der Waals surface area contributed by atoms with Crippen molar-refractivity contribution in [2.75, 3.05) is 31.8 Å². The number of carbonyl (C=O) groups excluding carboxylic acids is 1. The molecule has 0 spiro atoms. The van der Waals surface area contributed by atoms with Gasteiger partial charge in [0.25, 0.3) is 0 Å². The van der Waals surface area contributed by atoms with Gasteiger partial charge in [-0.1, -0.05) is 44.3 Å². The molecule has 2 heterocycles. The fraction of sp³-hybridized carbons (Fsp3) is 0.900. The molecule has 5 nitrogen and oxygen atoms in total. The first-order valence-corrected chi connectivity index (χ1v) is 12.3. The number of thiocarbonyl (C=S) groups is 1. The molecule has 154 valence electrons. The van der Waals surface area contributed by atoms with Gasteiger partial charge < -0.3 is 15.5 Å². The lowest BCUT2D eigenvalue weighted by molar-refractivity contribution is -0.122. The smallest absolute Gasteiger partial charge is 0.238 e. The van der Waals surface area contributed by atoms with Crippen LogP contribution in [0, 0.1) is 5.92 Å². The first-order chi connectivity index (χ1) is 13.1. The highest BCUT2D eigenvalue weighted by atomic mass is 32.2.